The van der Waals surface area contributed by atoms with Gasteiger partial charge in [-0.2, -0.15) is 0 Å². The third-order valence-electron chi connectivity index (χ3n) is 1.59. The Morgan fingerprint density at radius 3 is 3.08 bits per heavy atom. The summed E-state index contributed by atoms with van der Waals surface area (Å²) in [5, 5.41) is 12.5. The topological polar surface area (TPSA) is 63.8 Å². The molecule has 0 aromatic carbocycles. The van der Waals surface area contributed by atoms with E-state index in [0.717, 1.165) is 4.88 Å². The van der Waals surface area contributed by atoms with Gasteiger partial charge in [0, 0.05) is 6.20 Å². The van der Waals surface area contributed by atoms with Gasteiger partial charge in [0.15, 0.2) is 0 Å². The largest absolute Gasteiger partial charge is 0.390 e. The van der Waals surface area contributed by atoms with Crippen LogP contribution in [0.25, 0.3) is 0 Å². The molecule has 0 radical (unpaired) electrons. The van der Waals surface area contributed by atoms with Gasteiger partial charge in [-0.05, 0) is 11.5 Å². The summed E-state index contributed by atoms with van der Waals surface area (Å²) in [4.78, 5) is 5.06. The molecule has 2 aromatic rings. The first-order chi connectivity index (χ1) is 6.38. The van der Waals surface area contributed by atoms with Crippen LogP contribution in [0.4, 0.5) is 0 Å². The van der Waals surface area contributed by atoms with E-state index in [0.29, 0.717) is 12.2 Å². The number of hydrogen-bond acceptors (Lipinski definition) is 5. The summed E-state index contributed by atoms with van der Waals surface area (Å²) in [6.07, 6.45) is 5.22. The average molecular weight is 196 g/mol. The Balaban J connectivity index is 2.10. The van der Waals surface area contributed by atoms with E-state index in [1.807, 2.05) is 4.57 Å². The van der Waals surface area contributed by atoms with Crippen LogP contribution in [0.2, 0.25) is 0 Å². The van der Waals surface area contributed by atoms with Crippen LogP contribution in [-0.4, -0.2) is 24.2 Å². The summed E-state index contributed by atoms with van der Waals surface area (Å²) in [5.74, 6) is 0. The molecule has 0 amide bonds. The molecule has 2 heterocycles. The lowest BCUT2D eigenvalue weighted by atomic mass is 10.5. The molecule has 0 atom stereocenters. The van der Waals surface area contributed by atoms with Gasteiger partial charge in [-0.15, -0.1) is 5.10 Å². The molecule has 0 unspecified atom stereocenters. The zero-order chi connectivity index (χ0) is 9.10. The normalized spacial score (nSPS) is 10.5. The van der Waals surface area contributed by atoms with Crippen LogP contribution in [0.1, 0.15) is 10.6 Å². The van der Waals surface area contributed by atoms with E-state index < -0.39 is 0 Å². The Morgan fingerprint density at radius 1 is 1.54 bits per heavy atom. The van der Waals surface area contributed by atoms with E-state index in [9.17, 15) is 0 Å². The summed E-state index contributed by atoms with van der Waals surface area (Å²) >= 11 is 1.36. The Labute approximate surface area is 78.8 Å². The van der Waals surface area contributed by atoms with E-state index in [-0.39, 0.29) is 6.61 Å². The number of aliphatic hydroxyl groups excluding tert-OH is 1. The first kappa shape index (κ1) is 8.33. The lowest BCUT2D eigenvalue weighted by molar-refractivity contribution is 0.277. The Morgan fingerprint density at radius 2 is 2.46 bits per heavy atom. The predicted molar refractivity (Wildman–Crippen MR) is 47.2 cm³/mol. The van der Waals surface area contributed by atoms with Crippen molar-refractivity contribution in [3.8, 4) is 0 Å². The van der Waals surface area contributed by atoms with Crippen molar-refractivity contribution in [2.45, 2.75) is 13.2 Å². The quantitative estimate of drug-likeness (QED) is 0.765. The summed E-state index contributed by atoms with van der Waals surface area (Å²) in [5.41, 5.74) is 0.678. The van der Waals surface area contributed by atoms with Gasteiger partial charge in [-0.3, -0.25) is 0 Å². The maximum atomic E-state index is 8.78. The molecule has 0 saturated heterocycles. The van der Waals surface area contributed by atoms with Gasteiger partial charge in [0.05, 0.1) is 36.2 Å². The van der Waals surface area contributed by atoms with E-state index in [1.54, 1.807) is 18.7 Å². The highest BCUT2D eigenvalue weighted by atomic mass is 32.1. The molecule has 68 valence electrons. The second-order valence-corrected chi connectivity index (χ2v) is 3.45. The molecule has 0 aliphatic rings. The lowest BCUT2D eigenvalue weighted by Crippen LogP contribution is -1.93. The molecule has 0 aliphatic heterocycles. The van der Waals surface area contributed by atoms with Crippen molar-refractivity contribution < 1.29 is 5.11 Å². The van der Waals surface area contributed by atoms with Gasteiger partial charge in [0.2, 0.25) is 0 Å². The summed E-state index contributed by atoms with van der Waals surface area (Å²) in [6.45, 7) is 0.693. The Hall–Kier alpha value is -1.27. The molecule has 0 spiro atoms. The Bertz CT molecular complexity index is 370. The molecule has 0 fully saturated rings. The van der Waals surface area contributed by atoms with E-state index in [4.69, 9.17) is 5.11 Å². The second-order valence-electron chi connectivity index (χ2n) is 2.58. The molecule has 0 saturated carbocycles. The van der Waals surface area contributed by atoms with Crippen LogP contribution >= 0.6 is 11.5 Å². The van der Waals surface area contributed by atoms with Crippen LogP contribution in [0.3, 0.4) is 0 Å². The molecule has 13 heavy (non-hydrogen) atoms. The molecule has 2 aromatic heterocycles. The molecule has 1 N–H and O–H groups in total. The summed E-state index contributed by atoms with van der Waals surface area (Å²) in [6, 6.07) is 0. The number of rotatable bonds is 3. The monoisotopic (exact) mass is 196 g/mol. The summed E-state index contributed by atoms with van der Waals surface area (Å²) in [7, 11) is 0. The van der Waals surface area contributed by atoms with Gasteiger partial charge in [-0.1, -0.05) is 4.49 Å². The zero-order valence-corrected chi connectivity index (χ0v) is 7.61. The molecule has 0 bridgehead atoms. The van der Waals surface area contributed by atoms with Gasteiger partial charge < -0.3 is 9.67 Å². The molecular formula is C7H8N4OS. The number of nitrogens with zero attached hydrogens (tertiary/aromatic N) is 4. The maximum absolute atomic E-state index is 8.78. The highest BCUT2D eigenvalue weighted by Crippen LogP contribution is 2.05. The third-order valence-corrected chi connectivity index (χ3v) is 2.24. The van der Waals surface area contributed by atoms with Crippen LogP contribution in [-0.2, 0) is 13.2 Å². The second kappa shape index (κ2) is 3.63. The van der Waals surface area contributed by atoms with Crippen molar-refractivity contribution in [1.82, 2.24) is 19.1 Å². The number of aliphatic hydroxyl groups is 1. The van der Waals surface area contributed by atoms with Gasteiger partial charge in [-0.25, -0.2) is 4.98 Å². The van der Waals surface area contributed by atoms with Crippen LogP contribution in [0, 0.1) is 0 Å². The van der Waals surface area contributed by atoms with Crippen molar-refractivity contribution in [1.29, 1.82) is 0 Å². The SMILES string of the molecule is OCc1cn(Cc2cnns2)cn1. The van der Waals surface area contributed by atoms with Crippen molar-refractivity contribution in [2.24, 2.45) is 0 Å². The van der Waals surface area contributed by atoms with E-state index >= 15 is 0 Å². The number of aromatic nitrogens is 4. The molecule has 5 nitrogen and oxygen atoms in total. The fraction of sp³-hybridized carbons (Fsp3) is 0.286. The number of hydrogen-bond donors (Lipinski definition) is 1. The predicted octanol–water partition coefficient (Wildman–Crippen LogP) is 0.275. The van der Waals surface area contributed by atoms with Crippen LogP contribution in [0.5, 0.6) is 0 Å². The molecule has 6 heteroatoms. The van der Waals surface area contributed by atoms with Crippen LogP contribution < -0.4 is 0 Å². The molecule has 0 aliphatic carbocycles. The molecular weight excluding hydrogens is 188 g/mol. The highest BCUT2D eigenvalue weighted by Gasteiger charge is 1.99. The van der Waals surface area contributed by atoms with Gasteiger partial charge in [0.1, 0.15) is 0 Å². The number of imidazole rings is 1. The molecule has 2 rings (SSSR count). The van der Waals surface area contributed by atoms with E-state index in [2.05, 4.69) is 14.6 Å². The Kier molecular flexibility index (Phi) is 2.33. The first-order valence-corrected chi connectivity index (χ1v) is 4.53. The fourth-order valence-electron chi connectivity index (χ4n) is 1.01. The van der Waals surface area contributed by atoms with Crippen molar-refractivity contribution >= 4 is 11.5 Å². The van der Waals surface area contributed by atoms with Crippen LogP contribution in [0.15, 0.2) is 18.7 Å². The van der Waals surface area contributed by atoms with Gasteiger partial charge in [0.25, 0.3) is 0 Å². The maximum Gasteiger partial charge on any atom is 0.0953 e. The zero-order valence-electron chi connectivity index (χ0n) is 6.79. The minimum atomic E-state index is -0.0199. The van der Waals surface area contributed by atoms with Crippen molar-refractivity contribution in [3.05, 3.63) is 29.3 Å². The summed E-state index contributed by atoms with van der Waals surface area (Å²) < 4.78 is 5.64. The smallest absolute Gasteiger partial charge is 0.0953 e. The average Bonchev–Trinajstić information content (AvgIpc) is 2.76. The van der Waals surface area contributed by atoms with Crippen molar-refractivity contribution in [3.63, 3.8) is 0 Å². The lowest BCUT2D eigenvalue weighted by Gasteiger charge is -1.95. The van der Waals surface area contributed by atoms with Crippen molar-refractivity contribution in [2.75, 3.05) is 0 Å². The van der Waals surface area contributed by atoms with E-state index in [1.165, 1.54) is 11.5 Å². The standard InChI is InChI=1S/C7H8N4OS/c12-4-6-2-11(5-8-6)3-7-1-9-10-13-7/h1-2,5,12H,3-4H2. The first-order valence-electron chi connectivity index (χ1n) is 3.76. The minimum absolute atomic E-state index is 0.0199. The van der Waals surface area contributed by atoms with Gasteiger partial charge >= 0.3 is 0 Å². The highest BCUT2D eigenvalue weighted by molar-refractivity contribution is 7.05. The third kappa shape index (κ3) is 1.90. The minimum Gasteiger partial charge on any atom is -0.390 e. The fourth-order valence-corrected chi connectivity index (χ4v) is 1.51.